The van der Waals surface area contributed by atoms with Crippen LogP contribution >= 0.6 is 11.8 Å². The van der Waals surface area contributed by atoms with E-state index in [1.807, 2.05) is 0 Å². The molecular formula is C21H38N6O8S. The molecule has 0 aliphatic carbocycles. The molecule has 0 aliphatic rings. The van der Waals surface area contributed by atoms with E-state index in [9.17, 15) is 33.9 Å². The quantitative estimate of drug-likeness (QED) is 0.0782. The van der Waals surface area contributed by atoms with E-state index in [1.165, 1.54) is 11.8 Å². The van der Waals surface area contributed by atoms with E-state index in [1.54, 1.807) is 6.26 Å². The maximum atomic E-state index is 13.0. The van der Waals surface area contributed by atoms with Gasteiger partial charge in [-0.15, -0.1) is 0 Å². The monoisotopic (exact) mass is 534 g/mol. The van der Waals surface area contributed by atoms with Gasteiger partial charge in [-0.3, -0.25) is 24.0 Å². The first-order valence-electron chi connectivity index (χ1n) is 11.5. The molecule has 0 aliphatic heterocycles. The Morgan fingerprint density at radius 1 is 0.778 bits per heavy atom. The SMILES string of the molecule is CSCCC(NC(=O)C(CCCCN)NC(=O)C(CCC(=O)O)NC(=O)C(N)CCC(N)=O)C(=O)O. The van der Waals surface area contributed by atoms with Gasteiger partial charge in [-0.05, 0) is 57.1 Å². The topological polar surface area (TPSA) is 257 Å². The third kappa shape index (κ3) is 14.5. The van der Waals surface area contributed by atoms with E-state index in [4.69, 9.17) is 22.3 Å². The largest absolute Gasteiger partial charge is 0.481 e. The molecule has 4 unspecified atom stereocenters. The predicted octanol–water partition coefficient (Wildman–Crippen LogP) is -2.13. The first-order valence-corrected chi connectivity index (χ1v) is 12.9. The summed E-state index contributed by atoms with van der Waals surface area (Å²) in [7, 11) is 0. The highest BCUT2D eigenvalue weighted by Crippen LogP contribution is 2.07. The van der Waals surface area contributed by atoms with Crippen LogP contribution in [0, 0.1) is 0 Å². The normalized spacial score (nSPS) is 14.1. The van der Waals surface area contributed by atoms with Crippen molar-refractivity contribution in [1.29, 1.82) is 0 Å². The van der Waals surface area contributed by atoms with E-state index in [-0.39, 0.29) is 32.1 Å². The van der Waals surface area contributed by atoms with Gasteiger partial charge in [-0.1, -0.05) is 0 Å². The number of aliphatic carboxylic acids is 2. The second kappa shape index (κ2) is 18.4. The zero-order chi connectivity index (χ0) is 27.7. The summed E-state index contributed by atoms with van der Waals surface area (Å²) < 4.78 is 0. The van der Waals surface area contributed by atoms with Gasteiger partial charge in [0.15, 0.2) is 0 Å². The Balaban J connectivity index is 5.53. The Labute approximate surface area is 213 Å². The average molecular weight is 535 g/mol. The minimum absolute atomic E-state index is 0.0782. The number of carbonyl (C=O) groups excluding carboxylic acids is 4. The number of thioether (sulfide) groups is 1. The second-order valence-corrected chi connectivity index (χ2v) is 9.12. The predicted molar refractivity (Wildman–Crippen MR) is 133 cm³/mol. The van der Waals surface area contributed by atoms with Crippen molar-refractivity contribution in [3.8, 4) is 0 Å². The van der Waals surface area contributed by atoms with Crippen molar-refractivity contribution in [3.63, 3.8) is 0 Å². The molecule has 0 aromatic rings. The molecule has 0 fully saturated rings. The Morgan fingerprint density at radius 3 is 1.83 bits per heavy atom. The van der Waals surface area contributed by atoms with E-state index in [2.05, 4.69) is 16.0 Å². The Hall–Kier alpha value is -2.91. The summed E-state index contributed by atoms with van der Waals surface area (Å²) in [4.78, 5) is 71.7. The van der Waals surface area contributed by atoms with Gasteiger partial charge in [-0.2, -0.15) is 11.8 Å². The number of nitrogens with one attached hydrogen (secondary N) is 3. The third-order valence-electron chi connectivity index (χ3n) is 5.12. The lowest BCUT2D eigenvalue weighted by Crippen LogP contribution is -2.57. The first-order chi connectivity index (χ1) is 16.9. The fourth-order valence-corrected chi connectivity index (χ4v) is 3.51. The standard InChI is InChI=1S/C21H38N6O8S/c1-36-11-9-15(21(34)35)27-19(32)13(4-2-3-10-22)26-20(33)14(6-8-17(29)30)25-18(31)12(23)5-7-16(24)28/h12-15H,2-11,22-23H2,1H3,(H2,24,28)(H,25,31)(H,26,33)(H,27,32)(H,29,30)(H,34,35). The molecule has 4 amide bonds. The summed E-state index contributed by atoms with van der Waals surface area (Å²) in [6.07, 6.45) is 2.10. The van der Waals surface area contributed by atoms with Gasteiger partial charge < -0.3 is 43.4 Å². The molecule has 0 bridgehead atoms. The zero-order valence-corrected chi connectivity index (χ0v) is 21.2. The molecule has 0 saturated carbocycles. The van der Waals surface area contributed by atoms with Crippen LogP contribution in [0.15, 0.2) is 0 Å². The van der Waals surface area contributed by atoms with E-state index in [0.717, 1.165) is 0 Å². The van der Waals surface area contributed by atoms with Crippen LogP contribution < -0.4 is 33.2 Å². The Kier molecular flexibility index (Phi) is 16.9. The highest BCUT2D eigenvalue weighted by atomic mass is 32.2. The lowest BCUT2D eigenvalue weighted by atomic mass is 10.0. The van der Waals surface area contributed by atoms with Crippen molar-refractivity contribution in [2.45, 2.75) is 75.5 Å². The summed E-state index contributed by atoms with van der Waals surface area (Å²) in [5, 5.41) is 25.7. The van der Waals surface area contributed by atoms with E-state index in [0.29, 0.717) is 25.1 Å². The number of nitrogens with two attached hydrogens (primary N) is 3. The van der Waals surface area contributed by atoms with E-state index < -0.39 is 66.2 Å². The molecular weight excluding hydrogens is 496 g/mol. The smallest absolute Gasteiger partial charge is 0.326 e. The van der Waals surface area contributed by atoms with Gasteiger partial charge in [-0.25, -0.2) is 4.79 Å². The van der Waals surface area contributed by atoms with Crippen molar-refractivity contribution < 1.29 is 39.0 Å². The maximum Gasteiger partial charge on any atom is 0.326 e. The summed E-state index contributed by atoms with van der Waals surface area (Å²) in [6.45, 7) is 0.342. The van der Waals surface area contributed by atoms with Gasteiger partial charge in [0.25, 0.3) is 0 Å². The molecule has 0 aromatic heterocycles. The van der Waals surface area contributed by atoms with Gasteiger partial charge in [0.05, 0.1) is 6.04 Å². The molecule has 0 spiro atoms. The number of unbranched alkanes of at least 4 members (excludes halogenated alkanes) is 1. The lowest BCUT2D eigenvalue weighted by Gasteiger charge is -2.25. The van der Waals surface area contributed by atoms with Crippen LogP contribution in [0.4, 0.5) is 0 Å². The minimum atomic E-state index is -1.34. The number of carbonyl (C=O) groups is 6. The lowest BCUT2D eigenvalue weighted by molar-refractivity contribution is -0.142. The third-order valence-corrected chi connectivity index (χ3v) is 5.77. The van der Waals surface area contributed by atoms with E-state index >= 15 is 0 Å². The van der Waals surface area contributed by atoms with Crippen molar-refractivity contribution in [1.82, 2.24) is 16.0 Å². The molecule has 0 radical (unpaired) electrons. The molecule has 0 saturated heterocycles. The van der Waals surface area contributed by atoms with Crippen LogP contribution in [-0.2, 0) is 28.8 Å². The Bertz CT molecular complexity index is 769. The zero-order valence-electron chi connectivity index (χ0n) is 20.4. The molecule has 36 heavy (non-hydrogen) atoms. The fourth-order valence-electron chi connectivity index (χ4n) is 3.04. The van der Waals surface area contributed by atoms with Crippen molar-refractivity contribution >= 4 is 47.3 Å². The summed E-state index contributed by atoms with van der Waals surface area (Å²) >= 11 is 1.41. The Morgan fingerprint density at radius 2 is 1.33 bits per heavy atom. The van der Waals surface area contributed by atoms with Gasteiger partial charge in [0.1, 0.15) is 18.1 Å². The van der Waals surface area contributed by atoms with Crippen molar-refractivity contribution in [3.05, 3.63) is 0 Å². The number of carboxylic acid groups (broad SMARTS) is 2. The first kappa shape index (κ1) is 33.1. The molecule has 0 heterocycles. The highest BCUT2D eigenvalue weighted by Gasteiger charge is 2.30. The molecule has 14 nitrogen and oxygen atoms in total. The molecule has 11 N–H and O–H groups in total. The minimum Gasteiger partial charge on any atom is -0.481 e. The highest BCUT2D eigenvalue weighted by molar-refractivity contribution is 7.98. The van der Waals surface area contributed by atoms with Gasteiger partial charge in [0.2, 0.25) is 23.6 Å². The van der Waals surface area contributed by atoms with Crippen LogP contribution in [0.25, 0.3) is 0 Å². The number of hydrogen-bond acceptors (Lipinski definition) is 9. The summed E-state index contributed by atoms with van der Waals surface area (Å²) in [5.41, 5.74) is 16.3. The fraction of sp³-hybridized carbons (Fsp3) is 0.714. The van der Waals surface area contributed by atoms with Crippen LogP contribution in [0.3, 0.4) is 0 Å². The molecule has 0 rings (SSSR count). The van der Waals surface area contributed by atoms with Gasteiger partial charge in [0, 0.05) is 12.8 Å². The molecule has 15 heteroatoms. The number of carboxylic acids is 2. The summed E-state index contributed by atoms with van der Waals surface area (Å²) in [6, 6.07) is -4.82. The van der Waals surface area contributed by atoms with Crippen LogP contribution in [0.1, 0.15) is 51.4 Å². The van der Waals surface area contributed by atoms with Crippen LogP contribution in [0.5, 0.6) is 0 Å². The number of rotatable bonds is 20. The molecule has 206 valence electrons. The molecule has 0 aromatic carbocycles. The second-order valence-electron chi connectivity index (χ2n) is 8.13. The number of hydrogen-bond donors (Lipinski definition) is 8. The van der Waals surface area contributed by atoms with Crippen LogP contribution in [-0.4, -0.2) is 88.5 Å². The van der Waals surface area contributed by atoms with Crippen molar-refractivity contribution in [2.75, 3.05) is 18.6 Å². The average Bonchev–Trinajstić information content (AvgIpc) is 2.81. The van der Waals surface area contributed by atoms with Crippen LogP contribution in [0.2, 0.25) is 0 Å². The van der Waals surface area contributed by atoms with Crippen molar-refractivity contribution in [2.24, 2.45) is 17.2 Å². The van der Waals surface area contributed by atoms with Gasteiger partial charge >= 0.3 is 11.9 Å². The number of amides is 4. The number of primary amides is 1. The summed E-state index contributed by atoms with van der Waals surface area (Å²) in [5.74, 6) is -4.97. The maximum absolute atomic E-state index is 13.0. The molecule has 4 atom stereocenters.